The molecule has 132 valence electrons. The monoisotopic (exact) mass is 354 g/mol. The van der Waals surface area contributed by atoms with Crippen LogP contribution in [0.25, 0.3) is 0 Å². The Balaban J connectivity index is 1.71. The highest BCUT2D eigenvalue weighted by Crippen LogP contribution is 2.35. The van der Waals surface area contributed by atoms with E-state index >= 15 is 0 Å². The lowest BCUT2D eigenvalue weighted by atomic mass is 9.81. The topological polar surface area (TPSA) is 41.1 Å². The summed E-state index contributed by atoms with van der Waals surface area (Å²) in [4.78, 5) is 14.1. The summed E-state index contributed by atoms with van der Waals surface area (Å²) in [7, 11) is 0. The molecule has 1 unspecified atom stereocenters. The highest BCUT2D eigenvalue weighted by atomic mass is 32.2. The predicted octanol–water partition coefficient (Wildman–Crippen LogP) is 4.03. The van der Waals surface area contributed by atoms with Gasteiger partial charge in [0.2, 0.25) is 5.91 Å². The minimum absolute atomic E-state index is 0.0970. The molecular weight excluding hydrogens is 328 g/mol. The lowest BCUT2D eigenvalue weighted by Crippen LogP contribution is -2.43. The van der Waals surface area contributed by atoms with Crippen LogP contribution in [0.1, 0.15) is 30.6 Å². The summed E-state index contributed by atoms with van der Waals surface area (Å²) in [5.41, 5.74) is 1.24. The minimum atomic E-state index is -0.228. The number of rotatable bonds is 6. The van der Waals surface area contributed by atoms with Crippen molar-refractivity contribution in [2.24, 2.45) is 5.41 Å². The van der Waals surface area contributed by atoms with E-state index in [0.29, 0.717) is 0 Å². The minimum Gasteiger partial charge on any atom is -0.354 e. The third kappa shape index (κ3) is 5.10. The molecule has 1 amide bonds. The molecular formula is C21H26N2OS. The molecule has 3 nitrogen and oxygen atoms in total. The average Bonchev–Trinajstić information content (AvgIpc) is 2.66. The Morgan fingerprint density at radius 3 is 2.32 bits per heavy atom. The van der Waals surface area contributed by atoms with Gasteiger partial charge in [-0.15, -0.1) is 11.8 Å². The second kappa shape index (κ2) is 8.54. The van der Waals surface area contributed by atoms with Crippen LogP contribution in [0.5, 0.6) is 0 Å². The van der Waals surface area contributed by atoms with Crippen LogP contribution in [0, 0.1) is 5.41 Å². The number of benzene rings is 2. The molecule has 1 saturated heterocycles. The third-order valence-electron chi connectivity index (χ3n) is 4.84. The zero-order valence-corrected chi connectivity index (χ0v) is 15.5. The first-order valence-corrected chi connectivity index (χ1v) is 9.79. The first-order valence-electron chi connectivity index (χ1n) is 8.91. The van der Waals surface area contributed by atoms with Gasteiger partial charge in [0.25, 0.3) is 0 Å². The number of amides is 1. The highest BCUT2D eigenvalue weighted by molar-refractivity contribution is 8.00. The van der Waals surface area contributed by atoms with Gasteiger partial charge in [0, 0.05) is 11.4 Å². The molecule has 1 fully saturated rings. The van der Waals surface area contributed by atoms with E-state index in [4.69, 9.17) is 0 Å². The zero-order chi connectivity index (χ0) is 17.5. The quantitative estimate of drug-likeness (QED) is 0.770. The molecule has 1 aliphatic rings. The summed E-state index contributed by atoms with van der Waals surface area (Å²) in [6.07, 6.45) is 2.21. The van der Waals surface area contributed by atoms with Crippen LogP contribution < -0.4 is 10.6 Å². The van der Waals surface area contributed by atoms with Crippen molar-refractivity contribution in [3.05, 3.63) is 66.2 Å². The van der Waals surface area contributed by atoms with E-state index < -0.39 is 0 Å². The fourth-order valence-corrected chi connectivity index (χ4v) is 4.21. The van der Waals surface area contributed by atoms with Gasteiger partial charge in [-0.25, -0.2) is 0 Å². The molecule has 0 saturated carbocycles. The Labute approximate surface area is 154 Å². The van der Waals surface area contributed by atoms with Gasteiger partial charge in [0.05, 0.1) is 0 Å². The number of piperidine rings is 1. The van der Waals surface area contributed by atoms with Gasteiger partial charge in [-0.2, -0.15) is 0 Å². The van der Waals surface area contributed by atoms with Crippen LogP contribution in [-0.4, -0.2) is 25.5 Å². The average molecular weight is 355 g/mol. The van der Waals surface area contributed by atoms with Crippen molar-refractivity contribution in [3.63, 3.8) is 0 Å². The molecule has 1 heterocycles. The number of carbonyl (C=O) groups is 1. The van der Waals surface area contributed by atoms with Crippen LogP contribution in [0.4, 0.5) is 0 Å². The molecule has 4 heteroatoms. The molecule has 0 bridgehead atoms. The second-order valence-corrected chi connectivity index (χ2v) is 8.18. The van der Waals surface area contributed by atoms with Crippen molar-refractivity contribution in [1.82, 2.24) is 10.6 Å². The van der Waals surface area contributed by atoms with E-state index in [-0.39, 0.29) is 16.6 Å². The standard InChI is InChI=1S/C21H26N2OS/c1-21(12-14-22-15-13-21)16-23-20(24)19(17-8-4-2-5-9-17)25-18-10-6-3-7-11-18/h2-11,19,22H,12-16H2,1H3,(H,23,24). The van der Waals surface area contributed by atoms with Gasteiger partial charge < -0.3 is 10.6 Å². The lowest BCUT2D eigenvalue weighted by molar-refractivity contribution is -0.121. The molecule has 2 N–H and O–H groups in total. The molecule has 1 atom stereocenters. The number of carbonyl (C=O) groups excluding carboxylic acids is 1. The Kier molecular flexibility index (Phi) is 6.16. The van der Waals surface area contributed by atoms with E-state index in [1.165, 1.54) is 0 Å². The Bertz CT molecular complexity index is 669. The predicted molar refractivity (Wildman–Crippen MR) is 105 cm³/mol. The summed E-state index contributed by atoms with van der Waals surface area (Å²) in [6, 6.07) is 20.2. The Hall–Kier alpha value is -1.78. The largest absolute Gasteiger partial charge is 0.354 e. The van der Waals surface area contributed by atoms with Crippen molar-refractivity contribution in [2.75, 3.05) is 19.6 Å². The van der Waals surface area contributed by atoms with Gasteiger partial charge in [0.15, 0.2) is 0 Å². The number of hydrogen-bond donors (Lipinski definition) is 2. The fourth-order valence-electron chi connectivity index (χ4n) is 3.14. The van der Waals surface area contributed by atoms with Gasteiger partial charge in [-0.05, 0) is 49.0 Å². The Morgan fingerprint density at radius 2 is 1.68 bits per heavy atom. The normalized spacial score (nSPS) is 17.6. The van der Waals surface area contributed by atoms with Gasteiger partial charge in [-0.3, -0.25) is 4.79 Å². The second-order valence-electron chi connectivity index (χ2n) is 7.00. The van der Waals surface area contributed by atoms with E-state index in [9.17, 15) is 4.79 Å². The van der Waals surface area contributed by atoms with Crippen molar-refractivity contribution in [3.8, 4) is 0 Å². The maximum absolute atomic E-state index is 13.0. The molecule has 0 aromatic heterocycles. The van der Waals surface area contributed by atoms with E-state index in [1.54, 1.807) is 11.8 Å². The number of hydrogen-bond acceptors (Lipinski definition) is 3. The SMILES string of the molecule is CC1(CNC(=O)C(Sc2ccccc2)c2ccccc2)CCNCC1. The van der Waals surface area contributed by atoms with E-state index in [2.05, 4.69) is 29.7 Å². The summed E-state index contributed by atoms with van der Waals surface area (Å²) >= 11 is 1.61. The summed E-state index contributed by atoms with van der Waals surface area (Å²) in [5.74, 6) is 0.0970. The van der Waals surface area contributed by atoms with Crippen LogP contribution in [-0.2, 0) is 4.79 Å². The van der Waals surface area contributed by atoms with Crippen LogP contribution in [0.2, 0.25) is 0 Å². The third-order valence-corrected chi connectivity index (χ3v) is 6.10. The maximum Gasteiger partial charge on any atom is 0.238 e. The molecule has 0 radical (unpaired) electrons. The van der Waals surface area contributed by atoms with Crippen LogP contribution >= 0.6 is 11.8 Å². The van der Waals surface area contributed by atoms with Crippen molar-refractivity contribution in [1.29, 1.82) is 0 Å². The van der Waals surface area contributed by atoms with Crippen molar-refractivity contribution < 1.29 is 4.79 Å². The smallest absolute Gasteiger partial charge is 0.238 e. The number of nitrogens with one attached hydrogen (secondary N) is 2. The van der Waals surface area contributed by atoms with Gasteiger partial charge >= 0.3 is 0 Å². The van der Waals surface area contributed by atoms with Crippen LogP contribution in [0.15, 0.2) is 65.6 Å². The molecule has 25 heavy (non-hydrogen) atoms. The molecule has 3 rings (SSSR count). The molecule has 2 aromatic rings. The molecule has 0 spiro atoms. The molecule has 0 aliphatic carbocycles. The van der Waals surface area contributed by atoms with E-state index in [1.807, 2.05) is 48.5 Å². The first-order chi connectivity index (χ1) is 12.2. The highest BCUT2D eigenvalue weighted by Gasteiger charge is 2.29. The lowest BCUT2D eigenvalue weighted by Gasteiger charge is -2.34. The Morgan fingerprint density at radius 1 is 1.08 bits per heavy atom. The summed E-state index contributed by atoms with van der Waals surface area (Å²) < 4.78 is 0. The number of thioether (sulfide) groups is 1. The van der Waals surface area contributed by atoms with Crippen molar-refractivity contribution in [2.45, 2.75) is 29.9 Å². The fraction of sp³-hybridized carbons (Fsp3) is 0.381. The summed E-state index contributed by atoms with van der Waals surface area (Å²) in [6.45, 7) is 5.09. The van der Waals surface area contributed by atoms with Gasteiger partial charge in [0.1, 0.15) is 5.25 Å². The zero-order valence-electron chi connectivity index (χ0n) is 14.7. The maximum atomic E-state index is 13.0. The van der Waals surface area contributed by atoms with Crippen molar-refractivity contribution >= 4 is 17.7 Å². The summed E-state index contributed by atoms with van der Waals surface area (Å²) in [5, 5.41) is 6.39. The molecule has 2 aromatic carbocycles. The van der Waals surface area contributed by atoms with Gasteiger partial charge in [-0.1, -0.05) is 55.5 Å². The first kappa shape index (κ1) is 18.0. The molecule has 1 aliphatic heterocycles. The van der Waals surface area contributed by atoms with Crippen LogP contribution in [0.3, 0.4) is 0 Å². The van der Waals surface area contributed by atoms with E-state index in [0.717, 1.165) is 42.9 Å².